The second kappa shape index (κ2) is 13.6. The topological polar surface area (TPSA) is 135 Å². The van der Waals surface area contributed by atoms with Gasteiger partial charge in [-0.2, -0.15) is 0 Å². The Morgan fingerprint density at radius 1 is 0.745 bits per heavy atom. The first kappa shape index (κ1) is 31.0. The number of hydrogen-bond donors (Lipinski definition) is 3. The van der Waals surface area contributed by atoms with Crippen LogP contribution in [0.4, 0.5) is 11.4 Å². The number of carbonyl (C=O) groups is 5. The second-order valence-corrected chi connectivity index (χ2v) is 12.0. The normalized spacial score (nSPS) is 12.8. The Hall–Kier alpha value is -6.00. The molecule has 4 aromatic carbocycles. The zero-order valence-corrected chi connectivity index (χ0v) is 25.8. The van der Waals surface area contributed by atoms with E-state index in [1.54, 1.807) is 116 Å². The molecule has 1 aliphatic rings. The van der Waals surface area contributed by atoms with Crippen LogP contribution in [-0.4, -0.2) is 34.5 Å². The van der Waals surface area contributed by atoms with Gasteiger partial charge in [0.25, 0.3) is 11.8 Å². The van der Waals surface area contributed by atoms with E-state index in [-0.39, 0.29) is 40.0 Å². The summed E-state index contributed by atoms with van der Waals surface area (Å²) in [5.41, 5.74) is 2.12. The Bertz CT molecular complexity index is 2050. The third-order valence-corrected chi connectivity index (χ3v) is 8.44. The maximum Gasteiger partial charge on any atom is 0.272 e. The molecule has 1 atom stereocenters. The standard InChI is InChI=1S/C37H27N3O6S/c1-22(35(43)39-30-18-8-17-29-32(30)34(42)28-16-6-5-15-27(28)33(29)41)47-26-14-7-12-24(20-26)38-37(45)31(21-25-13-9-19-46-25)40-36(44)23-10-3-2-4-11-23/h2-22H,1H3,(H,38,45)(H,39,43)(H,40,44)/b31-21+. The molecule has 0 bridgehead atoms. The Balaban J connectivity index is 1.15. The minimum atomic E-state index is -0.613. The summed E-state index contributed by atoms with van der Waals surface area (Å²) in [6.45, 7) is 1.71. The van der Waals surface area contributed by atoms with Crippen LogP contribution in [0.15, 0.2) is 130 Å². The number of hydrogen-bond acceptors (Lipinski definition) is 7. The molecule has 0 fully saturated rings. The highest BCUT2D eigenvalue weighted by Crippen LogP contribution is 2.33. The fraction of sp³-hybridized carbons (Fsp3) is 0.0541. The Labute approximate surface area is 274 Å². The van der Waals surface area contributed by atoms with Crippen molar-refractivity contribution in [2.75, 3.05) is 10.6 Å². The molecule has 0 saturated heterocycles. The first-order chi connectivity index (χ1) is 22.8. The zero-order valence-electron chi connectivity index (χ0n) is 25.0. The number of thioether (sulfide) groups is 1. The highest BCUT2D eigenvalue weighted by molar-refractivity contribution is 8.00. The van der Waals surface area contributed by atoms with E-state index in [9.17, 15) is 24.0 Å². The summed E-state index contributed by atoms with van der Waals surface area (Å²) < 4.78 is 5.35. The minimum Gasteiger partial charge on any atom is -0.465 e. The highest BCUT2D eigenvalue weighted by Gasteiger charge is 2.32. The molecule has 0 spiro atoms. The largest absolute Gasteiger partial charge is 0.465 e. The number of rotatable bonds is 9. The van der Waals surface area contributed by atoms with Crippen LogP contribution < -0.4 is 16.0 Å². The van der Waals surface area contributed by atoms with E-state index in [2.05, 4.69) is 16.0 Å². The third-order valence-electron chi connectivity index (χ3n) is 7.34. The highest BCUT2D eigenvalue weighted by atomic mass is 32.2. The van der Waals surface area contributed by atoms with Crippen LogP contribution in [0.25, 0.3) is 6.08 Å². The van der Waals surface area contributed by atoms with Gasteiger partial charge >= 0.3 is 0 Å². The van der Waals surface area contributed by atoms with Gasteiger partial charge in [-0.1, -0.05) is 60.7 Å². The molecule has 9 nitrogen and oxygen atoms in total. The summed E-state index contributed by atoms with van der Waals surface area (Å²) in [5, 5.41) is 7.67. The van der Waals surface area contributed by atoms with Gasteiger partial charge in [-0.25, -0.2) is 0 Å². The number of amides is 3. The molecule has 6 rings (SSSR count). The molecule has 10 heteroatoms. The summed E-state index contributed by atoms with van der Waals surface area (Å²) in [7, 11) is 0. The van der Waals surface area contributed by atoms with Crippen molar-refractivity contribution in [2.45, 2.75) is 17.1 Å². The first-order valence-corrected chi connectivity index (χ1v) is 15.5. The summed E-state index contributed by atoms with van der Waals surface area (Å²) >= 11 is 1.25. The molecule has 232 valence electrons. The Morgan fingerprint density at radius 3 is 2.19 bits per heavy atom. The van der Waals surface area contributed by atoms with Gasteiger partial charge in [0.2, 0.25) is 5.91 Å². The van der Waals surface area contributed by atoms with Gasteiger partial charge in [0.15, 0.2) is 11.6 Å². The number of benzene rings is 4. The molecular weight excluding hydrogens is 614 g/mol. The van der Waals surface area contributed by atoms with Gasteiger partial charge in [-0.05, 0) is 55.5 Å². The number of carbonyl (C=O) groups excluding carboxylic acids is 5. The van der Waals surface area contributed by atoms with Crippen molar-refractivity contribution in [3.05, 3.63) is 155 Å². The van der Waals surface area contributed by atoms with Crippen LogP contribution >= 0.6 is 11.8 Å². The van der Waals surface area contributed by atoms with E-state index in [1.807, 2.05) is 0 Å². The van der Waals surface area contributed by atoms with Crippen molar-refractivity contribution in [3.8, 4) is 0 Å². The van der Waals surface area contributed by atoms with Crippen LogP contribution in [0.3, 0.4) is 0 Å². The fourth-order valence-corrected chi connectivity index (χ4v) is 5.97. The van der Waals surface area contributed by atoms with E-state index < -0.39 is 17.1 Å². The summed E-state index contributed by atoms with van der Waals surface area (Å²) in [6, 6.07) is 30.2. The predicted octanol–water partition coefficient (Wildman–Crippen LogP) is 6.58. The van der Waals surface area contributed by atoms with E-state index in [1.165, 1.54) is 24.1 Å². The second-order valence-electron chi connectivity index (χ2n) is 10.6. The number of fused-ring (bicyclic) bond motifs is 2. The van der Waals surface area contributed by atoms with Crippen molar-refractivity contribution in [2.24, 2.45) is 0 Å². The summed E-state index contributed by atoms with van der Waals surface area (Å²) in [5.74, 6) is -1.62. The molecule has 1 unspecified atom stereocenters. The summed E-state index contributed by atoms with van der Waals surface area (Å²) in [4.78, 5) is 66.6. The van der Waals surface area contributed by atoms with Crippen LogP contribution in [0, 0.1) is 0 Å². The molecule has 1 aliphatic carbocycles. The van der Waals surface area contributed by atoms with E-state index >= 15 is 0 Å². The SMILES string of the molecule is CC(Sc1cccc(NC(=O)/C(=C\c2ccco2)NC(=O)c2ccccc2)c1)C(=O)Nc1cccc2c1C(=O)c1ccccc1C2=O. The Morgan fingerprint density at radius 2 is 1.45 bits per heavy atom. The number of ketones is 2. The van der Waals surface area contributed by atoms with Crippen molar-refractivity contribution < 1.29 is 28.4 Å². The average molecular weight is 642 g/mol. The molecule has 3 N–H and O–H groups in total. The molecule has 1 heterocycles. The van der Waals surface area contributed by atoms with Gasteiger partial charge < -0.3 is 20.4 Å². The van der Waals surface area contributed by atoms with Crippen LogP contribution in [0.2, 0.25) is 0 Å². The van der Waals surface area contributed by atoms with Crippen molar-refractivity contribution >= 4 is 58.5 Å². The van der Waals surface area contributed by atoms with E-state index in [0.29, 0.717) is 33.0 Å². The minimum absolute atomic E-state index is 0.0264. The number of nitrogens with one attached hydrogen (secondary N) is 3. The molecule has 0 radical (unpaired) electrons. The van der Waals surface area contributed by atoms with Gasteiger partial charge in [0.05, 0.1) is 22.8 Å². The Kier molecular flexibility index (Phi) is 8.94. The van der Waals surface area contributed by atoms with Crippen molar-refractivity contribution in [3.63, 3.8) is 0 Å². The van der Waals surface area contributed by atoms with Gasteiger partial charge in [0.1, 0.15) is 11.5 Å². The molecule has 47 heavy (non-hydrogen) atoms. The molecule has 0 saturated carbocycles. The molecule has 0 aliphatic heterocycles. The van der Waals surface area contributed by atoms with E-state index in [4.69, 9.17) is 4.42 Å². The lowest BCUT2D eigenvalue weighted by Gasteiger charge is -2.21. The molecule has 3 amide bonds. The van der Waals surface area contributed by atoms with Crippen molar-refractivity contribution in [1.29, 1.82) is 0 Å². The quantitative estimate of drug-likeness (QED) is 0.120. The predicted molar refractivity (Wildman–Crippen MR) is 179 cm³/mol. The van der Waals surface area contributed by atoms with Gasteiger partial charge in [-0.15, -0.1) is 11.8 Å². The lowest BCUT2D eigenvalue weighted by Crippen LogP contribution is -2.30. The average Bonchev–Trinajstić information content (AvgIpc) is 3.60. The summed E-state index contributed by atoms with van der Waals surface area (Å²) in [6.07, 6.45) is 2.89. The van der Waals surface area contributed by atoms with Crippen LogP contribution in [0.5, 0.6) is 0 Å². The number of anilines is 2. The monoisotopic (exact) mass is 641 g/mol. The molecule has 1 aromatic heterocycles. The van der Waals surface area contributed by atoms with Crippen molar-refractivity contribution in [1.82, 2.24) is 5.32 Å². The van der Waals surface area contributed by atoms with Crippen LogP contribution in [0.1, 0.15) is 54.9 Å². The molecule has 5 aromatic rings. The maximum atomic E-state index is 13.3. The first-order valence-electron chi connectivity index (χ1n) is 14.6. The van der Waals surface area contributed by atoms with Gasteiger partial charge in [-0.3, -0.25) is 24.0 Å². The maximum absolute atomic E-state index is 13.3. The lowest BCUT2D eigenvalue weighted by molar-refractivity contribution is -0.115. The number of furan rings is 1. The lowest BCUT2D eigenvalue weighted by atomic mass is 9.83. The fourth-order valence-electron chi connectivity index (χ4n) is 5.04. The van der Waals surface area contributed by atoms with Gasteiger partial charge in [0, 0.05) is 38.9 Å². The molecular formula is C37H27N3O6S. The smallest absolute Gasteiger partial charge is 0.272 e. The van der Waals surface area contributed by atoms with Crippen LogP contribution in [-0.2, 0) is 9.59 Å². The van der Waals surface area contributed by atoms with E-state index in [0.717, 1.165) is 0 Å². The zero-order chi connectivity index (χ0) is 32.9. The third kappa shape index (κ3) is 6.82.